The molecule has 1 aromatic carbocycles. The average Bonchev–Trinajstić information content (AvgIpc) is 2.75. The molecular weight excluding hydrogens is 270 g/mol. The van der Waals surface area contributed by atoms with Crippen LogP contribution in [0, 0.1) is 6.92 Å². The van der Waals surface area contributed by atoms with Crippen molar-refractivity contribution in [3.63, 3.8) is 0 Å². The quantitative estimate of drug-likeness (QED) is 0.634. The van der Waals surface area contributed by atoms with E-state index in [2.05, 4.69) is 4.98 Å². The minimum Gasteiger partial charge on any atom is -0.422 e. The van der Waals surface area contributed by atoms with Gasteiger partial charge in [0.05, 0.1) is 16.3 Å². The third-order valence-electron chi connectivity index (χ3n) is 2.59. The number of benzene rings is 1. The first-order chi connectivity index (χ1) is 8.63. The topological polar surface area (TPSA) is 43.1 Å². The van der Waals surface area contributed by atoms with Gasteiger partial charge in [-0.3, -0.25) is 0 Å². The third-order valence-corrected chi connectivity index (χ3v) is 3.60. The summed E-state index contributed by atoms with van der Waals surface area (Å²) in [4.78, 5) is 16.2. The van der Waals surface area contributed by atoms with Gasteiger partial charge >= 0.3 is 5.63 Å². The largest absolute Gasteiger partial charge is 0.422 e. The summed E-state index contributed by atoms with van der Waals surface area (Å²) >= 11 is 7.43. The Balaban J connectivity index is 2.29. The highest BCUT2D eigenvalue weighted by Crippen LogP contribution is 2.24. The van der Waals surface area contributed by atoms with Crippen LogP contribution in [0.15, 0.2) is 38.9 Å². The molecular formula is C13H8ClNO2S. The summed E-state index contributed by atoms with van der Waals surface area (Å²) < 4.78 is 5.26. The number of thiazole rings is 1. The van der Waals surface area contributed by atoms with Gasteiger partial charge in [-0.05, 0) is 31.2 Å². The van der Waals surface area contributed by atoms with E-state index in [1.165, 1.54) is 11.3 Å². The standard InChI is InChI=1S/C13H8ClNO2S/c1-7-15-11(6-18-7)10-5-8-4-9(14)2-3-12(8)17-13(10)16/h2-6H,1H3. The molecule has 0 bridgehead atoms. The molecule has 0 fully saturated rings. The van der Waals surface area contributed by atoms with Crippen molar-refractivity contribution in [1.82, 2.24) is 4.98 Å². The number of rotatable bonds is 1. The van der Waals surface area contributed by atoms with E-state index in [4.69, 9.17) is 16.0 Å². The lowest BCUT2D eigenvalue weighted by Crippen LogP contribution is -2.02. The first-order valence-electron chi connectivity index (χ1n) is 5.29. The molecule has 0 spiro atoms. The molecule has 2 heterocycles. The first kappa shape index (κ1) is 11.4. The molecule has 0 aliphatic rings. The minimum absolute atomic E-state index is 0.380. The van der Waals surface area contributed by atoms with Crippen molar-refractivity contribution >= 4 is 33.9 Å². The zero-order valence-corrected chi connectivity index (χ0v) is 11.0. The van der Waals surface area contributed by atoms with Crippen LogP contribution in [0.5, 0.6) is 0 Å². The second-order valence-electron chi connectivity index (χ2n) is 3.88. The van der Waals surface area contributed by atoms with Crippen molar-refractivity contribution in [2.45, 2.75) is 6.92 Å². The van der Waals surface area contributed by atoms with Gasteiger partial charge in [0.1, 0.15) is 5.58 Å². The van der Waals surface area contributed by atoms with E-state index in [1.807, 2.05) is 12.3 Å². The maximum Gasteiger partial charge on any atom is 0.345 e. The van der Waals surface area contributed by atoms with Crippen molar-refractivity contribution in [2.75, 3.05) is 0 Å². The van der Waals surface area contributed by atoms with Crippen molar-refractivity contribution in [1.29, 1.82) is 0 Å². The predicted molar refractivity (Wildman–Crippen MR) is 73.3 cm³/mol. The molecule has 0 saturated heterocycles. The molecule has 0 radical (unpaired) electrons. The van der Waals surface area contributed by atoms with Gasteiger partial charge in [0.15, 0.2) is 0 Å². The number of hydrogen-bond acceptors (Lipinski definition) is 4. The number of hydrogen-bond donors (Lipinski definition) is 0. The minimum atomic E-state index is -0.380. The Bertz CT molecular complexity index is 791. The van der Waals surface area contributed by atoms with E-state index in [9.17, 15) is 4.79 Å². The Labute approximate surface area is 112 Å². The van der Waals surface area contributed by atoms with Crippen LogP contribution in [-0.4, -0.2) is 4.98 Å². The third kappa shape index (κ3) is 1.94. The van der Waals surface area contributed by atoms with Gasteiger partial charge in [-0.2, -0.15) is 0 Å². The molecule has 3 nitrogen and oxygen atoms in total. The smallest absolute Gasteiger partial charge is 0.345 e. The number of aryl methyl sites for hydroxylation is 1. The summed E-state index contributed by atoms with van der Waals surface area (Å²) in [6.07, 6.45) is 0. The zero-order chi connectivity index (χ0) is 12.7. The average molecular weight is 278 g/mol. The molecule has 0 atom stereocenters. The summed E-state index contributed by atoms with van der Waals surface area (Å²) in [5.41, 5.74) is 1.26. The van der Waals surface area contributed by atoms with Crippen LogP contribution in [0.3, 0.4) is 0 Å². The molecule has 0 saturated carbocycles. The highest BCUT2D eigenvalue weighted by Gasteiger charge is 2.10. The van der Waals surface area contributed by atoms with Crippen LogP contribution >= 0.6 is 22.9 Å². The summed E-state index contributed by atoms with van der Waals surface area (Å²) in [5, 5.41) is 4.16. The zero-order valence-electron chi connectivity index (χ0n) is 9.44. The Hall–Kier alpha value is -1.65. The first-order valence-corrected chi connectivity index (χ1v) is 6.55. The summed E-state index contributed by atoms with van der Waals surface area (Å²) in [5.74, 6) is 0. The monoisotopic (exact) mass is 277 g/mol. The van der Waals surface area contributed by atoms with Crippen molar-refractivity contribution < 1.29 is 4.42 Å². The van der Waals surface area contributed by atoms with E-state index < -0.39 is 0 Å². The van der Waals surface area contributed by atoms with Gasteiger partial charge in [-0.1, -0.05) is 11.6 Å². The Morgan fingerprint density at radius 1 is 1.33 bits per heavy atom. The summed E-state index contributed by atoms with van der Waals surface area (Å²) in [7, 11) is 0. The maximum absolute atomic E-state index is 11.9. The van der Waals surface area contributed by atoms with Crippen molar-refractivity contribution in [3.8, 4) is 11.3 Å². The van der Waals surface area contributed by atoms with Crippen LogP contribution in [0.2, 0.25) is 5.02 Å². The van der Waals surface area contributed by atoms with Crippen LogP contribution < -0.4 is 5.63 Å². The fraction of sp³-hybridized carbons (Fsp3) is 0.0769. The molecule has 0 unspecified atom stereocenters. The molecule has 0 aliphatic carbocycles. The fourth-order valence-electron chi connectivity index (χ4n) is 1.76. The second kappa shape index (κ2) is 4.23. The van der Waals surface area contributed by atoms with Crippen LogP contribution in [-0.2, 0) is 0 Å². The molecule has 0 aliphatic heterocycles. The van der Waals surface area contributed by atoms with Crippen LogP contribution in [0.4, 0.5) is 0 Å². The highest BCUT2D eigenvalue weighted by molar-refractivity contribution is 7.09. The molecule has 5 heteroatoms. The second-order valence-corrected chi connectivity index (χ2v) is 5.38. The fourth-order valence-corrected chi connectivity index (χ4v) is 2.55. The van der Waals surface area contributed by atoms with Crippen LogP contribution in [0.1, 0.15) is 5.01 Å². The van der Waals surface area contributed by atoms with Crippen LogP contribution in [0.25, 0.3) is 22.2 Å². The van der Waals surface area contributed by atoms with E-state index in [0.29, 0.717) is 21.9 Å². The maximum atomic E-state index is 11.9. The van der Waals surface area contributed by atoms with E-state index in [0.717, 1.165) is 10.4 Å². The lowest BCUT2D eigenvalue weighted by Gasteiger charge is -2.00. The van der Waals surface area contributed by atoms with E-state index in [-0.39, 0.29) is 5.63 Å². The van der Waals surface area contributed by atoms with E-state index >= 15 is 0 Å². The summed E-state index contributed by atoms with van der Waals surface area (Å²) in [6, 6.07) is 6.92. The molecule has 0 N–H and O–H groups in total. The number of aromatic nitrogens is 1. The highest BCUT2D eigenvalue weighted by atomic mass is 35.5. The molecule has 90 valence electrons. The SMILES string of the molecule is Cc1nc(-c2cc3cc(Cl)ccc3oc2=O)cs1. The van der Waals surface area contributed by atoms with Gasteiger partial charge in [-0.25, -0.2) is 9.78 Å². The Morgan fingerprint density at radius 2 is 2.17 bits per heavy atom. The summed E-state index contributed by atoms with van der Waals surface area (Å²) in [6.45, 7) is 1.90. The van der Waals surface area contributed by atoms with Gasteiger partial charge in [-0.15, -0.1) is 11.3 Å². The normalized spacial score (nSPS) is 11.0. The number of nitrogens with zero attached hydrogens (tertiary/aromatic N) is 1. The molecule has 2 aromatic heterocycles. The Morgan fingerprint density at radius 3 is 2.89 bits per heavy atom. The van der Waals surface area contributed by atoms with Gasteiger partial charge < -0.3 is 4.42 Å². The number of fused-ring (bicyclic) bond motifs is 1. The molecule has 3 rings (SSSR count). The lowest BCUT2D eigenvalue weighted by molar-refractivity contribution is 0.563. The molecule has 0 amide bonds. The van der Waals surface area contributed by atoms with Crippen molar-refractivity contribution in [2.24, 2.45) is 0 Å². The lowest BCUT2D eigenvalue weighted by atomic mass is 10.1. The predicted octanol–water partition coefficient (Wildman–Crippen LogP) is 3.88. The molecule has 18 heavy (non-hydrogen) atoms. The van der Waals surface area contributed by atoms with Gasteiger partial charge in [0.25, 0.3) is 0 Å². The van der Waals surface area contributed by atoms with Gasteiger partial charge in [0, 0.05) is 15.8 Å². The molecule has 3 aromatic rings. The van der Waals surface area contributed by atoms with E-state index in [1.54, 1.807) is 24.3 Å². The van der Waals surface area contributed by atoms with Crippen molar-refractivity contribution in [3.05, 3.63) is 50.1 Å². The number of halogens is 1. The van der Waals surface area contributed by atoms with Gasteiger partial charge in [0.2, 0.25) is 0 Å². The Kier molecular flexibility index (Phi) is 2.69.